The first kappa shape index (κ1) is 11.9. The normalized spacial score (nSPS) is 20.0. The molecule has 6 heteroatoms. The van der Waals surface area contributed by atoms with Crippen molar-refractivity contribution >= 4 is 11.9 Å². The monoisotopic (exact) mass is 235 g/mol. The van der Waals surface area contributed by atoms with Gasteiger partial charge < -0.3 is 5.32 Å². The van der Waals surface area contributed by atoms with Crippen LogP contribution in [0, 0.1) is 13.8 Å². The fraction of sp³-hybridized carbons (Fsp3) is 0.636. The number of nitrogens with one attached hydrogen (secondary N) is 2. The molecule has 0 aromatic carbocycles. The van der Waals surface area contributed by atoms with Gasteiger partial charge in [0.1, 0.15) is 0 Å². The molecule has 0 aliphatic carbocycles. The molecular formula is C11H17N5O. The van der Waals surface area contributed by atoms with Crippen LogP contribution in [0.1, 0.15) is 30.7 Å². The smallest absolute Gasteiger partial charge is 0.249 e. The van der Waals surface area contributed by atoms with E-state index in [0.29, 0.717) is 0 Å². The molecule has 17 heavy (non-hydrogen) atoms. The minimum absolute atomic E-state index is 0.0743. The van der Waals surface area contributed by atoms with Crippen molar-refractivity contribution in [3.05, 3.63) is 11.4 Å². The van der Waals surface area contributed by atoms with Gasteiger partial charge in [-0.15, -0.1) is 5.10 Å². The van der Waals surface area contributed by atoms with E-state index >= 15 is 0 Å². The summed E-state index contributed by atoms with van der Waals surface area (Å²) < 4.78 is 0. The molecule has 0 bridgehead atoms. The second kappa shape index (κ2) is 5.18. The number of aryl methyl sites for hydroxylation is 2. The third-order valence-electron chi connectivity index (χ3n) is 2.95. The Kier molecular flexibility index (Phi) is 3.63. The first-order chi connectivity index (χ1) is 8.16. The van der Waals surface area contributed by atoms with Gasteiger partial charge in [0, 0.05) is 0 Å². The average molecular weight is 235 g/mol. The Morgan fingerprint density at radius 1 is 1.29 bits per heavy atom. The summed E-state index contributed by atoms with van der Waals surface area (Å²) in [6, 6.07) is -0.131. The van der Waals surface area contributed by atoms with Gasteiger partial charge in [0.2, 0.25) is 11.9 Å². The van der Waals surface area contributed by atoms with Gasteiger partial charge in [0.25, 0.3) is 0 Å². The maximum absolute atomic E-state index is 11.9. The van der Waals surface area contributed by atoms with Crippen molar-refractivity contribution in [3.63, 3.8) is 0 Å². The Labute approximate surface area is 100 Å². The SMILES string of the molecule is Cc1nnc(NC(=O)[C@H]2CCCCN2)nc1C. The summed E-state index contributed by atoms with van der Waals surface area (Å²) in [5, 5.41) is 13.7. The van der Waals surface area contributed by atoms with Gasteiger partial charge in [-0.25, -0.2) is 4.98 Å². The van der Waals surface area contributed by atoms with Crippen LogP contribution in [0.5, 0.6) is 0 Å². The molecule has 1 atom stereocenters. The topological polar surface area (TPSA) is 79.8 Å². The Bertz CT molecular complexity index is 414. The maximum atomic E-state index is 11.9. The number of anilines is 1. The van der Waals surface area contributed by atoms with E-state index < -0.39 is 0 Å². The van der Waals surface area contributed by atoms with Crippen molar-refractivity contribution in [3.8, 4) is 0 Å². The Hall–Kier alpha value is -1.56. The molecule has 0 radical (unpaired) electrons. The summed E-state index contributed by atoms with van der Waals surface area (Å²) in [6.45, 7) is 4.58. The number of amides is 1. The Morgan fingerprint density at radius 3 is 2.76 bits per heavy atom. The first-order valence-electron chi connectivity index (χ1n) is 5.89. The van der Waals surface area contributed by atoms with E-state index in [-0.39, 0.29) is 17.9 Å². The molecule has 0 saturated carbocycles. The molecule has 0 spiro atoms. The molecule has 92 valence electrons. The summed E-state index contributed by atoms with van der Waals surface area (Å²) >= 11 is 0. The van der Waals surface area contributed by atoms with Crippen LogP contribution in [0.25, 0.3) is 0 Å². The minimum Gasteiger partial charge on any atom is -0.306 e. The fourth-order valence-corrected chi connectivity index (χ4v) is 1.78. The zero-order valence-electron chi connectivity index (χ0n) is 10.2. The number of rotatable bonds is 2. The number of hydrogen-bond acceptors (Lipinski definition) is 5. The van der Waals surface area contributed by atoms with Crippen LogP contribution < -0.4 is 10.6 Å². The molecule has 2 heterocycles. The van der Waals surface area contributed by atoms with Crippen LogP contribution in [0.15, 0.2) is 0 Å². The molecule has 1 amide bonds. The van der Waals surface area contributed by atoms with Crippen LogP contribution >= 0.6 is 0 Å². The number of piperidine rings is 1. The number of aromatic nitrogens is 3. The second-order valence-corrected chi connectivity index (χ2v) is 4.30. The Morgan fingerprint density at radius 2 is 2.12 bits per heavy atom. The summed E-state index contributed by atoms with van der Waals surface area (Å²) in [5.41, 5.74) is 1.56. The van der Waals surface area contributed by atoms with Crippen molar-refractivity contribution < 1.29 is 4.79 Å². The van der Waals surface area contributed by atoms with Crippen LogP contribution in [0.3, 0.4) is 0 Å². The molecule has 2 N–H and O–H groups in total. The summed E-state index contributed by atoms with van der Waals surface area (Å²) in [5.74, 6) is 0.209. The first-order valence-corrected chi connectivity index (χ1v) is 5.89. The zero-order chi connectivity index (χ0) is 12.3. The van der Waals surface area contributed by atoms with E-state index in [9.17, 15) is 4.79 Å². The van der Waals surface area contributed by atoms with E-state index in [0.717, 1.165) is 37.2 Å². The molecule has 1 aromatic rings. The van der Waals surface area contributed by atoms with Gasteiger partial charge >= 0.3 is 0 Å². The molecule has 1 fully saturated rings. The largest absolute Gasteiger partial charge is 0.306 e. The molecule has 1 aromatic heterocycles. The summed E-state index contributed by atoms with van der Waals surface area (Å²) in [6.07, 6.45) is 3.08. The fourth-order valence-electron chi connectivity index (χ4n) is 1.78. The third-order valence-corrected chi connectivity index (χ3v) is 2.95. The number of hydrogen-bond donors (Lipinski definition) is 2. The van der Waals surface area contributed by atoms with Gasteiger partial charge in [0.05, 0.1) is 17.4 Å². The van der Waals surface area contributed by atoms with Crippen LogP contribution in [-0.4, -0.2) is 33.7 Å². The van der Waals surface area contributed by atoms with Gasteiger partial charge in [0.15, 0.2) is 0 Å². The lowest BCUT2D eigenvalue weighted by atomic mass is 10.0. The third kappa shape index (κ3) is 2.97. The standard InChI is InChI=1S/C11H17N5O/c1-7-8(2)15-16-11(13-7)14-10(17)9-5-3-4-6-12-9/h9,12H,3-6H2,1-2H3,(H,13,14,16,17)/t9-/m1/s1. The molecule has 2 rings (SSSR count). The number of carbonyl (C=O) groups excluding carboxylic acids is 1. The van der Waals surface area contributed by atoms with Crippen LogP contribution in [0.2, 0.25) is 0 Å². The van der Waals surface area contributed by atoms with E-state index in [1.165, 1.54) is 0 Å². The molecule has 1 aliphatic rings. The van der Waals surface area contributed by atoms with E-state index in [1.807, 2.05) is 13.8 Å². The lowest BCUT2D eigenvalue weighted by Gasteiger charge is -2.21. The highest BCUT2D eigenvalue weighted by Gasteiger charge is 2.21. The summed E-state index contributed by atoms with van der Waals surface area (Å²) in [4.78, 5) is 16.1. The van der Waals surface area contributed by atoms with Gasteiger partial charge in [-0.1, -0.05) is 6.42 Å². The quantitative estimate of drug-likeness (QED) is 0.783. The molecule has 1 aliphatic heterocycles. The maximum Gasteiger partial charge on any atom is 0.249 e. The van der Waals surface area contributed by atoms with E-state index in [1.54, 1.807) is 0 Å². The predicted octanol–water partition coefficient (Wildman–Crippen LogP) is 0.569. The highest BCUT2D eigenvalue weighted by molar-refractivity contribution is 5.93. The van der Waals surface area contributed by atoms with Crippen molar-refractivity contribution in [2.75, 3.05) is 11.9 Å². The van der Waals surface area contributed by atoms with Crippen molar-refractivity contribution in [1.29, 1.82) is 0 Å². The lowest BCUT2D eigenvalue weighted by Crippen LogP contribution is -2.43. The second-order valence-electron chi connectivity index (χ2n) is 4.30. The van der Waals surface area contributed by atoms with Crippen LogP contribution in [0.4, 0.5) is 5.95 Å². The molecular weight excluding hydrogens is 218 g/mol. The zero-order valence-corrected chi connectivity index (χ0v) is 10.2. The molecule has 6 nitrogen and oxygen atoms in total. The highest BCUT2D eigenvalue weighted by Crippen LogP contribution is 2.09. The predicted molar refractivity (Wildman–Crippen MR) is 63.6 cm³/mol. The minimum atomic E-state index is -0.131. The highest BCUT2D eigenvalue weighted by atomic mass is 16.2. The van der Waals surface area contributed by atoms with E-state index in [2.05, 4.69) is 25.8 Å². The number of carbonyl (C=O) groups is 1. The summed E-state index contributed by atoms with van der Waals surface area (Å²) in [7, 11) is 0. The van der Waals surface area contributed by atoms with Crippen LogP contribution in [-0.2, 0) is 4.79 Å². The van der Waals surface area contributed by atoms with E-state index in [4.69, 9.17) is 0 Å². The Balaban J connectivity index is 1.99. The molecule has 1 saturated heterocycles. The number of nitrogens with zero attached hydrogens (tertiary/aromatic N) is 3. The average Bonchev–Trinajstić information content (AvgIpc) is 2.35. The van der Waals surface area contributed by atoms with Crippen molar-refractivity contribution in [2.45, 2.75) is 39.2 Å². The van der Waals surface area contributed by atoms with Gasteiger partial charge in [-0.2, -0.15) is 5.10 Å². The van der Waals surface area contributed by atoms with Crippen molar-refractivity contribution in [1.82, 2.24) is 20.5 Å². The van der Waals surface area contributed by atoms with Gasteiger partial charge in [-0.3, -0.25) is 10.1 Å². The lowest BCUT2D eigenvalue weighted by molar-refractivity contribution is -0.118. The molecule has 0 unspecified atom stereocenters. The van der Waals surface area contributed by atoms with Gasteiger partial charge in [-0.05, 0) is 33.2 Å². The van der Waals surface area contributed by atoms with Crippen molar-refractivity contribution in [2.24, 2.45) is 0 Å².